The number of imidazole rings is 1. The van der Waals surface area contributed by atoms with Crippen LogP contribution >= 0.6 is 0 Å². The highest BCUT2D eigenvalue weighted by molar-refractivity contribution is 5.83. The lowest BCUT2D eigenvalue weighted by atomic mass is 10.2. The summed E-state index contributed by atoms with van der Waals surface area (Å²) in [6.07, 6.45) is 1.54. The zero-order chi connectivity index (χ0) is 14.1. The van der Waals surface area contributed by atoms with Crippen LogP contribution in [0.3, 0.4) is 0 Å². The van der Waals surface area contributed by atoms with Crippen molar-refractivity contribution < 1.29 is 4.39 Å². The molecule has 0 saturated carbocycles. The minimum absolute atomic E-state index is 0.158. The van der Waals surface area contributed by atoms with E-state index in [4.69, 9.17) is 5.73 Å². The van der Waals surface area contributed by atoms with Gasteiger partial charge in [-0.15, -0.1) is 0 Å². The highest BCUT2D eigenvalue weighted by Gasteiger charge is 2.13. The van der Waals surface area contributed by atoms with Crippen LogP contribution in [0.25, 0.3) is 11.2 Å². The number of anilines is 2. The van der Waals surface area contributed by atoms with Gasteiger partial charge in [0.15, 0.2) is 11.5 Å². The molecule has 0 radical (unpaired) electrons. The molecule has 0 fully saturated rings. The first-order chi connectivity index (χ1) is 9.63. The third kappa shape index (κ3) is 2.25. The second-order valence-corrected chi connectivity index (χ2v) is 4.49. The number of benzene rings is 1. The zero-order valence-electron chi connectivity index (χ0n) is 10.8. The first-order valence-electron chi connectivity index (χ1n) is 6.05. The quantitative estimate of drug-likeness (QED) is 0.758. The number of nitrogens with one attached hydrogen (secondary N) is 1. The summed E-state index contributed by atoms with van der Waals surface area (Å²) >= 11 is 0. The van der Waals surface area contributed by atoms with E-state index < -0.39 is 0 Å². The summed E-state index contributed by atoms with van der Waals surface area (Å²) in [6, 6.07) is 6.44. The maximum atomic E-state index is 13.2. The minimum atomic E-state index is -0.259. The molecule has 7 heteroatoms. The van der Waals surface area contributed by atoms with E-state index in [1.807, 2.05) is 18.0 Å². The van der Waals surface area contributed by atoms with Gasteiger partial charge in [0.2, 0.25) is 5.95 Å². The summed E-state index contributed by atoms with van der Waals surface area (Å²) in [5, 5.41) is 0. The lowest BCUT2D eigenvalue weighted by Crippen LogP contribution is -2.19. The number of H-pyrrole nitrogens is 1. The van der Waals surface area contributed by atoms with E-state index in [2.05, 4.69) is 19.9 Å². The maximum Gasteiger partial charge on any atom is 0.224 e. The first-order valence-corrected chi connectivity index (χ1v) is 6.05. The van der Waals surface area contributed by atoms with Crippen LogP contribution < -0.4 is 10.6 Å². The monoisotopic (exact) mass is 272 g/mol. The van der Waals surface area contributed by atoms with Crippen molar-refractivity contribution in [2.75, 3.05) is 17.7 Å². The van der Waals surface area contributed by atoms with E-state index >= 15 is 0 Å². The Kier molecular flexibility index (Phi) is 2.94. The van der Waals surface area contributed by atoms with Crippen molar-refractivity contribution in [3.63, 3.8) is 0 Å². The molecule has 3 aromatic rings. The normalized spacial score (nSPS) is 10.9. The van der Waals surface area contributed by atoms with Gasteiger partial charge < -0.3 is 15.6 Å². The van der Waals surface area contributed by atoms with Gasteiger partial charge in [-0.3, -0.25) is 0 Å². The van der Waals surface area contributed by atoms with Crippen LogP contribution in [0.15, 0.2) is 30.6 Å². The van der Waals surface area contributed by atoms with Crippen molar-refractivity contribution >= 4 is 22.9 Å². The number of fused-ring (bicyclic) bond motifs is 1. The number of nitrogen functional groups attached to an aromatic ring is 1. The van der Waals surface area contributed by atoms with Crippen molar-refractivity contribution in [2.45, 2.75) is 6.54 Å². The van der Waals surface area contributed by atoms with Gasteiger partial charge >= 0.3 is 0 Å². The molecule has 102 valence electrons. The van der Waals surface area contributed by atoms with Gasteiger partial charge in [-0.25, -0.2) is 9.37 Å². The fraction of sp³-hybridized carbons (Fsp3) is 0.154. The Labute approximate surface area is 114 Å². The summed E-state index contributed by atoms with van der Waals surface area (Å²) in [6.45, 7) is 0.502. The Morgan fingerprint density at radius 2 is 2.20 bits per heavy atom. The van der Waals surface area contributed by atoms with Gasteiger partial charge in [-0.2, -0.15) is 9.97 Å². The molecule has 0 aliphatic heterocycles. The molecule has 0 aliphatic carbocycles. The molecule has 3 N–H and O–H groups in total. The fourth-order valence-electron chi connectivity index (χ4n) is 2.09. The summed E-state index contributed by atoms with van der Waals surface area (Å²) in [4.78, 5) is 17.2. The van der Waals surface area contributed by atoms with Gasteiger partial charge in [0.25, 0.3) is 0 Å². The van der Waals surface area contributed by atoms with Crippen LogP contribution in [-0.2, 0) is 6.54 Å². The maximum absolute atomic E-state index is 13.2. The average Bonchev–Trinajstić information content (AvgIpc) is 2.85. The van der Waals surface area contributed by atoms with Crippen LogP contribution in [0, 0.1) is 5.82 Å². The van der Waals surface area contributed by atoms with Crippen LogP contribution in [0.5, 0.6) is 0 Å². The molecular weight excluding hydrogens is 259 g/mol. The first kappa shape index (κ1) is 12.3. The number of nitrogens with two attached hydrogens (primary N) is 1. The number of aromatic amines is 1. The third-order valence-corrected chi connectivity index (χ3v) is 2.95. The number of hydrogen-bond donors (Lipinski definition) is 2. The lowest BCUT2D eigenvalue weighted by molar-refractivity contribution is 0.625. The van der Waals surface area contributed by atoms with E-state index in [-0.39, 0.29) is 11.8 Å². The Hall–Kier alpha value is -2.70. The van der Waals surface area contributed by atoms with Crippen molar-refractivity contribution in [1.29, 1.82) is 0 Å². The SMILES string of the molecule is CN(Cc1cccc(F)c1)c1nc(N)nc2nc[nH]c12. The minimum Gasteiger partial charge on any atom is -0.368 e. The van der Waals surface area contributed by atoms with Gasteiger partial charge in [0.1, 0.15) is 11.3 Å². The molecule has 0 spiro atoms. The molecule has 20 heavy (non-hydrogen) atoms. The molecule has 0 amide bonds. The Bertz CT molecular complexity index is 753. The molecule has 6 nitrogen and oxygen atoms in total. The molecular formula is C13H13FN6. The van der Waals surface area contributed by atoms with Gasteiger partial charge in [0, 0.05) is 13.6 Å². The smallest absolute Gasteiger partial charge is 0.224 e. The summed E-state index contributed by atoms with van der Waals surface area (Å²) < 4.78 is 13.2. The average molecular weight is 272 g/mol. The van der Waals surface area contributed by atoms with Crippen LogP contribution in [-0.4, -0.2) is 27.0 Å². The Morgan fingerprint density at radius 1 is 1.35 bits per heavy atom. The van der Waals surface area contributed by atoms with Crippen LogP contribution in [0.2, 0.25) is 0 Å². The van der Waals surface area contributed by atoms with Crippen molar-refractivity contribution in [2.24, 2.45) is 0 Å². The molecule has 0 saturated heterocycles. The van der Waals surface area contributed by atoms with Crippen LogP contribution in [0.1, 0.15) is 5.56 Å². The third-order valence-electron chi connectivity index (χ3n) is 2.95. The summed E-state index contributed by atoms with van der Waals surface area (Å²) in [5.41, 5.74) is 7.74. The highest BCUT2D eigenvalue weighted by Crippen LogP contribution is 2.22. The van der Waals surface area contributed by atoms with Gasteiger partial charge in [-0.1, -0.05) is 12.1 Å². The molecule has 0 bridgehead atoms. The predicted molar refractivity (Wildman–Crippen MR) is 74.6 cm³/mol. The Morgan fingerprint density at radius 3 is 3.00 bits per heavy atom. The number of halogens is 1. The molecule has 0 aliphatic rings. The summed E-state index contributed by atoms with van der Waals surface area (Å²) in [5.74, 6) is 0.532. The topological polar surface area (TPSA) is 83.7 Å². The van der Waals surface area contributed by atoms with Gasteiger partial charge in [0.05, 0.1) is 6.33 Å². The molecule has 0 atom stereocenters. The molecule has 2 aromatic heterocycles. The number of rotatable bonds is 3. The molecule has 0 unspecified atom stereocenters. The van der Waals surface area contributed by atoms with Crippen LogP contribution in [0.4, 0.5) is 16.2 Å². The Balaban J connectivity index is 1.96. The number of aromatic nitrogens is 4. The van der Waals surface area contributed by atoms with E-state index in [1.54, 1.807) is 6.07 Å². The standard InChI is InChI=1S/C13H13FN6/c1-20(6-8-3-2-4-9(14)5-8)12-10-11(17-7-16-10)18-13(15)19-12/h2-5,7H,6H2,1H3,(H3,15,16,17,18,19). The van der Waals surface area contributed by atoms with E-state index in [0.29, 0.717) is 23.5 Å². The largest absolute Gasteiger partial charge is 0.368 e. The van der Waals surface area contributed by atoms with Crippen molar-refractivity contribution in [3.05, 3.63) is 42.0 Å². The second kappa shape index (κ2) is 4.76. The molecule has 1 aromatic carbocycles. The van der Waals surface area contributed by atoms with Crippen molar-refractivity contribution in [3.8, 4) is 0 Å². The molecule has 2 heterocycles. The van der Waals surface area contributed by atoms with E-state index in [0.717, 1.165) is 5.56 Å². The van der Waals surface area contributed by atoms with Gasteiger partial charge in [-0.05, 0) is 17.7 Å². The van der Waals surface area contributed by atoms with E-state index in [1.165, 1.54) is 18.5 Å². The zero-order valence-corrected chi connectivity index (χ0v) is 10.8. The number of hydrogen-bond acceptors (Lipinski definition) is 5. The fourth-order valence-corrected chi connectivity index (χ4v) is 2.09. The highest BCUT2D eigenvalue weighted by atomic mass is 19.1. The van der Waals surface area contributed by atoms with Crippen molar-refractivity contribution in [1.82, 2.24) is 19.9 Å². The molecule has 3 rings (SSSR count). The summed E-state index contributed by atoms with van der Waals surface area (Å²) in [7, 11) is 1.85. The van der Waals surface area contributed by atoms with E-state index in [9.17, 15) is 4.39 Å². The predicted octanol–water partition coefficient (Wildman–Crippen LogP) is 1.71. The second-order valence-electron chi connectivity index (χ2n) is 4.49. The number of nitrogens with zero attached hydrogens (tertiary/aromatic N) is 4. The lowest BCUT2D eigenvalue weighted by Gasteiger charge is -2.18.